The van der Waals surface area contributed by atoms with Crippen molar-refractivity contribution in [3.8, 4) is 0 Å². The smallest absolute Gasteiger partial charge is 0.409 e. The van der Waals surface area contributed by atoms with Crippen LogP contribution in [0.5, 0.6) is 0 Å². The number of amides is 3. The van der Waals surface area contributed by atoms with Crippen molar-refractivity contribution in [3.63, 3.8) is 0 Å². The topological polar surface area (TPSA) is 110 Å². The van der Waals surface area contributed by atoms with Crippen molar-refractivity contribution < 1.29 is 33.1 Å². The van der Waals surface area contributed by atoms with E-state index in [0.717, 1.165) is 0 Å². The normalized spacial score (nSPS) is 37.6. The highest BCUT2D eigenvalue weighted by atomic mass is 16.6. The molecular weight excluding hydrogens is 454 g/mol. The lowest BCUT2D eigenvalue weighted by atomic mass is 9.70. The Bertz CT molecular complexity index is 1090. The molecule has 10 nitrogen and oxygen atoms in total. The van der Waals surface area contributed by atoms with Gasteiger partial charge >= 0.3 is 6.09 Å². The molecule has 6 heterocycles. The molecule has 186 valence electrons. The number of piperazine rings is 1. The van der Waals surface area contributed by atoms with E-state index in [1.165, 1.54) is 6.26 Å². The van der Waals surface area contributed by atoms with E-state index >= 15 is 0 Å². The van der Waals surface area contributed by atoms with Crippen molar-refractivity contribution in [2.24, 2.45) is 17.8 Å². The summed E-state index contributed by atoms with van der Waals surface area (Å²) in [6.07, 6.45) is 4.61. The first-order chi connectivity index (χ1) is 16.9. The van der Waals surface area contributed by atoms with Gasteiger partial charge in [0.15, 0.2) is 0 Å². The number of hydrogen-bond acceptors (Lipinski definition) is 7. The maximum atomic E-state index is 14.0. The standard InChI is InChI=1S/C25H29N3O7/c1-3-33-24(32)27-10-8-26(9-11-27)22(30)19-18-6-7-25(35-18)20(19)23(31)28-15(17-5-4-12-34-17)13-16(29)14(2)21(25)28/h4-7,12,14-15,18-21H,3,8-11,13H2,1-2H3/t14-,15+,18-,19-,20+,21+,25-/m1/s1. The fourth-order valence-electron chi connectivity index (χ4n) is 6.78. The minimum Gasteiger partial charge on any atom is -0.467 e. The summed E-state index contributed by atoms with van der Waals surface area (Å²) < 4.78 is 17.1. The zero-order chi connectivity index (χ0) is 24.5. The first-order valence-electron chi connectivity index (χ1n) is 12.3. The first-order valence-corrected chi connectivity index (χ1v) is 12.3. The largest absolute Gasteiger partial charge is 0.467 e. The highest BCUT2D eigenvalue weighted by Gasteiger charge is 2.74. The van der Waals surface area contributed by atoms with Crippen LogP contribution in [0.15, 0.2) is 35.0 Å². The Balaban J connectivity index is 1.28. The Morgan fingerprint density at radius 2 is 1.91 bits per heavy atom. The summed E-state index contributed by atoms with van der Waals surface area (Å²) in [5.74, 6) is -1.45. The monoisotopic (exact) mass is 483 g/mol. The molecule has 0 radical (unpaired) electrons. The highest BCUT2D eigenvalue weighted by Crippen LogP contribution is 2.60. The van der Waals surface area contributed by atoms with E-state index in [-0.39, 0.29) is 30.1 Å². The minimum atomic E-state index is -1.00. The van der Waals surface area contributed by atoms with Crippen molar-refractivity contribution in [2.45, 2.75) is 44.1 Å². The molecule has 0 saturated carbocycles. The van der Waals surface area contributed by atoms with Crippen LogP contribution in [0.2, 0.25) is 0 Å². The van der Waals surface area contributed by atoms with E-state index in [4.69, 9.17) is 13.9 Å². The third kappa shape index (κ3) is 3.05. The fourth-order valence-corrected chi connectivity index (χ4v) is 6.78. The van der Waals surface area contributed by atoms with Gasteiger partial charge in [0.2, 0.25) is 11.8 Å². The molecule has 1 aromatic rings. The summed E-state index contributed by atoms with van der Waals surface area (Å²) in [6.45, 7) is 5.40. The maximum absolute atomic E-state index is 14.0. The number of hydrogen-bond donors (Lipinski definition) is 0. The number of furan rings is 1. The second kappa shape index (κ2) is 7.94. The molecule has 0 unspecified atom stereocenters. The van der Waals surface area contributed by atoms with Gasteiger partial charge in [-0.1, -0.05) is 19.1 Å². The van der Waals surface area contributed by atoms with E-state index < -0.39 is 41.5 Å². The van der Waals surface area contributed by atoms with Gasteiger partial charge in [-0.3, -0.25) is 14.4 Å². The van der Waals surface area contributed by atoms with Gasteiger partial charge in [0.25, 0.3) is 0 Å². The summed E-state index contributed by atoms with van der Waals surface area (Å²) >= 11 is 0. The third-order valence-corrected chi connectivity index (χ3v) is 8.35. The summed E-state index contributed by atoms with van der Waals surface area (Å²) in [7, 11) is 0. The first kappa shape index (κ1) is 22.3. The predicted octanol–water partition coefficient (Wildman–Crippen LogP) is 1.38. The minimum absolute atomic E-state index is 0.0563. The molecule has 5 aliphatic rings. The van der Waals surface area contributed by atoms with Gasteiger partial charge in [0.1, 0.15) is 17.1 Å². The molecule has 4 fully saturated rings. The maximum Gasteiger partial charge on any atom is 0.409 e. The van der Waals surface area contributed by atoms with Crippen molar-refractivity contribution in [1.82, 2.24) is 14.7 Å². The van der Waals surface area contributed by atoms with Gasteiger partial charge in [-0.2, -0.15) is 0 Å². The van der Waals surface area contributed by atoms with Gasteiger partial charge in [-0.05, 0) is 19.1 Å². The van der Waals surface area contributed by atoms with Crippen molar-refractivity contribution in [3.05, 3.63) is 36.3 Å². The number of piperidine rings is 1. The van der Waals surface area contributed by atoms with Gasteiger partial charge in [-0.25, -0.2) is 4.79 Å². The van der Waals surface area contributed by atoms with Crippen LogP contribution >= 0.6 is 0 Å². The lowest BCUT2D eigenvalue weighted by Gasteiger charge is -2.43. The molecule has 0 aromatic carbocycles. The fraction of sp³-hybridized carbons (Fsp3) is 0.600. The van der Waals surface area contributed by atoms with Crippen molar-refractivity contribution in [1.29, 1.82) is 0 Å². The SMILES string of the molecule is CCOC(=O)N1CCN(C(=O)[C@H]2[C@H]3C(=O)N4[C@@H]([C@H](C)C(=O)C[C@H]4c4ccco4)[C@@]34C=C[C@H]2O4)CC1. The molecule has 6 rings (SSSR count). The second-order valence-electron chi connectivity index (χ2n) is 9.99. The molecule has 0 N–H and O–H groups in total. The molecule has 7 atom stereocenters. The van der Waals surface area contributed by atoms with E-state index in [9.17, 15) is 19.2 Å². The summed E-state index contributed by atoms with van der Waals surface area (Å²) in [6, 6.07) is 2.53. The molecule has 3 amide bonds. The summed E-state index contributed by atoms with van der Waals surface area (Å²) in [5, 5.41) is 0. The zero-order valence-electron chi connectivity index (χ0n) is 19.8. The van der Waals surface area contributed by atoms with Gasteiger partial charge in [0.05, 0.1) is 42.9 Å². The predicted molar refractivity (Wildman–Crippen MR) is 120 cm³/mol. The third-order valence-electron chi connectivity index (χ3n) is 8.35. The number of carbonyl (C=O) groups excluding carboxylic acids is 4. The second-order valence-corrected chi connectivity index (χ2v) is 9.99. The number of carbonyl (C=O) groups is 4. The van der Waals surface area contributed by atoms with Gasteiger partial charge in [-0.15, -0.1) is 0 Å². The Kier molecular flexibility index (Phi) is 5.07. The Morgan fingerprint density at radius 3 is 2.60 bits per heavy atom. The number of rotatable bonds is 3. The molecule has 2 bridgehead atoms. The van der Waals surface area contributed by atoms with E-state index in [2.05, 4.69) is 0 Å². The van der Waals surface area contributed by atoms with Crippen LogP contribution in [0.25, 0.3) is 0 Å². The summed E-state index contributed by atoms with van der Waals surface area (Å²) in [5.41, 5.74) is -1.00. The molecule has 1 aromatic heterocycles. The molecule has 10 heteroatoms. The average molecular weight is 484 g/mol. The Labute approximate surface area is 202 Å². The highest BCUT2D eigenvalue weighted by molar-refractivity contribution is 5.96. The zero-order valence-corrected chi connectivity index (χ0v) is 19.8. The summed E-state index contributed by atoms with van der Waals surface area (Å²) in [4.78, 5) is 57.9. The number of nitrogens with zero attached hydrogens (tertiary/aromatic N) is 3. The van der Waals surface area contributed by atoms with Crippen LogP contribution in [0.3, 0.4) is 0 Å². The Hall–Kier alpha value is -3.14. The molecular formula is C25H29N3O7. The van der Waals surface area contributed by atoms with Crippen molar-refractivity contribution >= 4 is 23.7 Å². The van der Waals surface area contributed by atoms with Gasteiger partial charge < -0.3 is 28.6 Å². The number of ether oxygens (including phenoxy) is 2. The number of fused-ring (bicyclic) bond motifs is 2. The molecule has 35 heavy (non-hydrogen) atoms. The van der Waals surface area contributed by atoms with Crippen LogP contribution < -0.4 is 0 Å². The van der Waals surface area contributed by atoms with Crippen LogP contribution in [-0.4, -0.2) is 88.9 Å². The molecule has 1 spiro atoms. The van der Waals surface area contributed by atoms with E-state index in [1.54, 1.807) is 33.8 Å². The van der Waals surface area contributed by atoms with Crippen LogP contribution in [0, 0.1) is 17.8 Å². The van der Waals surface area contributed by atoms with E-state index in [0.29, 0.717) is 38.5 Å². The van der Waals surface area contributed by atoms with E-state index in [1.807, 2.05) is 19.1 Å². The number of Topliss-reactive ketones (excluding diaryl/α,β-unsaturated/α-hetero) is 1. The van der Waals surface area contributed by atoms with Crippen molar-refractivity contribution in [2.75, 3.05) is 32.8 Å². The lowest BCUT2D eigenvalue weighted by molar-refractivity contribution is -0.150. The number of ketones is 1. The molecule has 0 aliphatic carbocycles. The van der Waals surface area contributed by atoms with Crippen LogP contribution in [-0.2, 0) is 23.9 Å². The molecule has 5 aliphatic heterocycles. The average Bonchev–Trinajstić information content (AvgIpc) is 3.64. The van der Waals surface area contributed by atoms with Crippen LogP contribution in [0.4, 0.5) is 4.79 Å². The van der Waals surface area contributed by atoms with Crippen LogP contribution in [0.1, 0.15) is 32.1 Å². The lowest BCUT2D eigenvalue weighted by Crippen LogP contribution is -2.55. The Morgan fingerprint density at radius 1 is 1.17 bits per heavy atom. The van der Waals surface area contributed by atoms with Gasteiger partial charge in [0, 0.05) is 38.5 Å². The quantitative estimate of drug-likeness (QED) is 0.598. The molecule has 4 saturated heterocycles.